The Morgan fingerprint density at radius 2 is 1.86 bits per heavy atom. The van der Waals surface area contributed by atoms with Gasteiger partial charge in [-0.2, -0.15) is 0 Å². The maximum atomic E-state index is 12.1. The van der Waals surface area contributed by atoms with Gasteiger partial charge in [-0.3, -0.25) is 4.79 Å². The second-order valence-electron chi connectivity index (χ2n) is 5.61. The van der Waals surface area contributed by atoms with Gasteiger partial charge in [0.05, 0.1) is 5.75 Å². The van der Waals surface area contributed by atoms with Crippen molar-refractivity contribution in [3.8, 4) is 11.4 Å². The van der Waals surface area contributed by atoms with Gasteiger partial charge >= 0.3 is 0 Å². The van der Waals surface area contributed by atoms with Crippen LogP contribution in [0.4, 0.5) is 0 Å². The Morgan fingerprint density at radius 3 is 2.55 bits per heavy atom. The fourth-order valence-corrected chi connectivity index (χ4v) is 3.39. The minimum absolute atomic E-state index is 0.197. The van der Waals surface area contributed by atoms with E-state index in [1.54, 1.807) is 0 Å². The summed E-state index contributed by atoms with van der Waals surface area (Å²) in [7, 11) is 1.94. The summed E-state index contributed by atoms with van der Waals surface area (Å²) >= 11 is 1.46. The van der Waals surface area contributed by atoms with Gasteiger partial charge in [-0.05, 0) is 19.8 Å². The molecule has 5 nitrogen and oxygen atoms in total. The van der Waals surface area contributed by atoms with Crippen molar-refractivity contribution in [1.29, 1.82) is 0 Å². The van der Waals surface area contributed by atoms with Crippen LogP contribution in [0.3, 0.4) is 0 Å². The Bertz CT molecular complexity index is 659. The first-order valence-corrected chi connectivity index (χ1v) is 8.51. The van der Waals surface area contributed by atoms with E-state index in [4.69, 9.17) is 0 Å². The molecular weight excluding hydrogens is 296 g/mol. The van der Waals surface area contributed by atoms with Gasteiger partial charge < -0.3 is 9.47 Å². The second kappa shape index (κ2) is 6.52. The maximum Gasteiger partial charge on any atom is 0.233 e. The number of amides is 1. The van der Waals surface area contributed by atoms with Gasteiger partial charge in [0.15, 0.2) is 11.0 Å². The Balaban J connectivity index is 1.68. The molecule has 1 amide bonds. The van der Waals surface area contributed by atoms with E-state index in [1.807, 2.05) is 28.6 Å². The molecule has 0 N–H and O–H groups in total. The van der Waals surface area contributed by atoms with Crippen molar-refractivity contribution in [2.45, 2.75) is 24.9 Å². The van der Waals surface area contributed by atoms with E-state index in [-0.39, 0.29) is 5.91 Å². The normalized spacial score (nSPS) is 14.5. The van der Waals surface area contributed by atoms with Crippen LogP contribution in [0.5, 0.6) is 0 Å². The quantitative estimate of drug-likeness (QED) is 0.813. The van der Waals surface area contributed by atoms with Crippen LogP contribution < -0.4 is 0 Å². The third kappa shape index (κ3) is 3.16. The molecule has 0 bridgehead atoms. The third-order valence-electron chi connectivity index (χ3n) is 3.93. The Morgan fingerprint density at radius 1 is 1.18 bits per heavy atom. The van der Waals surface area contributed by atoms with Crippen molar-refractivity contribution < 1.29 is 4.79 Å². The van der Waals surface area contributed by atoms with Gasteiger partial charge in [0.2, 0.25) is 5.91 Å². The molecule has 1 fully saturated rings. The number of likely N-dealkylation sites (tertiary alicyclic amines) is 1. The van der Waals surface area contributed by atoms with E-state index in [1.165, 1.54) is 17.3 Å². The van der Waals surface area contributed by atoms with Crippen LogP contribution in [0.25, 0.3) is 11.4 Å². The number of nitrogens with zero attached hydrogens (tertiary/aromatic N) is 4. The Kier molecular flexibility index (Phi) is 4.47. The van der Waals surface area contributed by atoms with E-state index in [2.05, 4.69) is 29.3 Å². The molecule has 22 heavy (non-hydrogen) atoms. The number of carbonyl (C=O) groups excluding carboxylic acids is 1. The predicted molar refractivity (Wildman–Crippen MR) is 87.7 cm³/mol. The van der Waals surface area contributed by atoms with Crippen molar-refractivity contribution in [2.75, 3.05) is 18.8 Å². The van der Waals surface area contributed by atoms with Crippen LogP contribution in [-0.4, -0.2) is 44.4 Å². The summed E-state index contributed by atoms with van der Waals surface area (Å²) in [6.45, 7) is 3.85. The van der Waals surface area contributed by atoms with Gasteiger partial charge in [0, 0.05) is 25.7 Å². The maximum absolute atomic E-state index is 12.1. The minimum Gasteiger partial charge on any atom is -0.342 e. The lowest BCUT2D eigenvalue weighted by atomic mass is 10.1. The first-order valence-electron chi connectivity index (χ1n) is 7.52. The van der Waals surface area contributed by atoms with Gasteiger partial charge in [-0.1, -0.05) is 41.6 Å². The molecule has 0 atom stereocenters. The van der Waals surface area contributed by atoms with Crippen LogP contribution in [0.15, 0.2) is 29.4 Å². The lowest BCUT2D eigenvalue weighted by Crippen LogP contribution is -2.29. The summed E-state index contributed by atoms with van der Waals surface area (Å²) in [5.74, 6) is 1.46. The van der Waals surface area contributed by atoms with E-state index in [0.29, 0.717) is 5.75 Å². The predicted octanol–water partition coefficient (Wildman–Crippen LogP) is 2.51. The zero-order chi connectivity index (χ0) is 15.5. The van der Waals surface area contributed by atoms with Gasteiger partial charge in [-0.15, -0.1) is 10.2 Å². The van der Waals surface area contributed by atoms with Crippen LogP contribution >= 0.6 is 11.8 Å². The van der Waals surface area contributed by atoms with Crippen molar-refractivity contribution in [3.63, 3.8) is 0 Å². The molecule has 0 spiro atoms. The van der Waals surface area contributed by atoms with Crippen molar-refractivity contribution >= 4 is 17.7 Å². The highest BCUT2D eigenvalue weighted by Crippen LogP contribution is 2.23. The molecule has 2 heterocycles. The number of hydrogen-bond donors (Lipinski definition) is 0. The summed E-state index contributed by atoms with van der Waals surface area (Å²) in [5, 5.41) is 9.26. The highest BCUT2D eigenvalue weighted by atomic mass is 32.2. The van der Waals surface area contributed by atoms with E-state index < -0.39 is 0 Å². The number of aryl methyl sites for hydroxylation is 1. The van der Waals surface area contributed by atoms with E-state index in [0.717, 1.165) is 42.5 Å². The number of hydrogen-bond acceptors (Lipinski definition) is 4. The summed E-state index contributed by atoms with van der Waals surface area (Å²) in [6.07, 6.45) is 2.25. The summed E-state index contributed by atoms with van der Waals surface area (Å²) in [4.78, 5) is 14.0. The first kappa shape index (κ1) is 15.1. The molecule has 1 aromatic carbocycles. The highest BCUT2D eigenvalue weighted by Gasteiger charge is 2.19. The number of aromatic nitrogens is 3. The van der Waals surface area contributed by atoms with Crippen LogP contribution in [0.2, 0.25) is 0 Å². The molecule has 1 aliphatic heterocycles. The molecule has 6 heteroatoms. The molecular formula is C16H20N4OS. The number of benzene rings is 1. The van der Waals surface area contributed by atoms with Crippen LogP contribution in [0, 0.1) is 6.92 Å². The molecule has 116 valence electrons. The molecule has 0 radical (unpaired) electrons. The summed E-state index contributed by atoms with van der Waals surface area (Å²) in [6, 6.07) is 8.22. The summed E-state index contributed by atoms with van der Waals surface area (Å²) in [5.41, 5.74) is 2.26. The standard InChI is InChI=1S/C16H20N4OS/c1-12-5-7-13(8-6-12)15-17-18-16(19(15)2)22-11-14(21)20-9-3-4-10-20/h5-8H,3-4,9-11H2,1-2H3. The lowest BCUT2D eigenvalue weighted by molar-refractivity contribution is -0.127. The van der Waals surface area contributed by atoms with Crippen molar-refractivity contribution in [1.82, 2.24) is 19.7 Å². The zero-order valence-corrected chi connectivity index (χ0v) is 13.8. The smallest absolute Gasteiger partial charge is 0.233 e. The average Bonchev–Trinajstić information content (AvgIpc) is 3.16. The molecule has 0 unspecified atom stereocenters. The average molecular weight is 316 g/mol. The van der Waals surface area contributed by atoms with E-state index in [9.17, 15) is 4.79 Å². The second-order valence-corrected chi connectivity index (χ2v) is 6.55. The van der Waals surface area contributed by atoms with Gasteiger partial charge in [-0.25, -0.2) is 0 Å². The lowest BCUT2D eigenvalue weighted by Gasteiger charge is -2.14. The highest BCUT2D eigenvalue weighted by molar-refractivity contribution is 7.99. The minimum atomic E-state index is 0.197. The zero-order valence-electron chi connectivity index (χ0n) is 13.0. The molecule has 1 aliphatic rings. The van der Waals surface area contributed by atoms with Crippen molar-refractivity contribution in [2.24, 2.45) is 7.05 Å². The number of rotatable bonds is 4. The van der Waals surface area contributed by atoms with Crippen molar-refractivity contribution in [3.05, 3.63) is 29.8 Å². The number of carbonyl (C=O) groups is 1. The molecule has 3 rings (SSSR count). The Labute approximate surface area is 134 Å². The largest absolute Gasteiger partial charge is 0.342 e. The molecule has 2 aromatic rings. The first-order chi connectivity index (χ1) is 10.6. The summed E-state index contributed by atoms with van der Waals surface area (Å²) < 4.78 is 1.95. The Hall–Kier alpha value is -1.82. The fourth-order valence-electron chi connectivity index (χ4n) is 2.58. The molecule has 1 aromatic heterocycles. The van der Waals surface area contributed by atoms with Gasteiger partial charge in [0.25, 0.3) is 0 Å². The SMILES string of the molecule is Cc1ccc(-c2nnc(SCC(=O)N3CCCC3)n2C)cc1. The molecule has 0 saturated carbocycles. The monoisotopic (exact) mass is 316 g/mol. The van der Waals surface area contributed by atoms with E-state index >= 15 is 0 Å². The van der Waals surface area contributed by atoms with Crippen LogP contribution in [-0.2, 0) is 11.8 Å². The topological polar surface area (TPSA) is 51.0 Å². The van der Waals surface area contributed by atoms with Crippen LogP contribution in [0.1, 0.15) is 18.4 Å². The fraction of sp³-hybridized carbons (Fsp3) is 0.438. The molecule has 1 saturated heterocycles. The van der Waals surface area contributed by atoms with Gasteiger partial charge in [0.1, 0.15) is 0 Å². The molecule has 0 aliphatic carbocycles. The third-order valence-corrected chi connectivity index (χ3v) is 4.93. The number of thioether (sulfide) groups is 1.